The zero-order valence-electron chi connectivity index (χ0n) is 9.31. The topological polar surface area (TPSA) is 50.8 Å². The van der Waals surface area contributed by atoms with E-state index >= 15 is 0 Å². The Kier molecular flexibility index (Phi) is 3.53. The molecule has 0 aliphatic rings. The van der Waals surface area contributed by atoms with Crippen LogP contribution in [0, 0.1) is 0 Å². The van der Waals surface area contributed by atoms with Crippen molar-refractivity contribution in [3.63, 3.8) is 0 Å². The van der Waals surface area contributed by atoms with Crippen molar-refractivity contribution in [3.8, 4) is 5.75 Å². The number of aromatic nitrogens is 3. The SMILES string of the molecule is CCOc1ccc(CCc2cn[nH]n2)cc1. The van der Waals surface area contributed by atoms with Crippen LogP contribution < -0.4 is 4.74 Å². The second kappa shape index (κ2) is 5.30. The standard InChI is InChI=1S/C12H15N3O/c1-2-16-12-7-4-10(5-8-12)3-6-11-9-13-15-14-11/h4-5,7-9H,2-3,6H2,1H3,(H,13,14,15). The highest BCUT2D eigenvalue weighted by molar-refractivity contribution is 5.27. The van der Waals surface area contributed by atoms with Crippen LogP contribution in [0.15, 0.2) is 30.5 Å². The predicted molar refractivity (Wildman–Crippen MR) is 61.4 cm³/mol. The van der Waals surface area contributed by atoms with Gasteiger partial charge in [-0.2, -0.15) is 15.4 Å². The summed E-state index contributed by atoms with van der Waals surface area (Å²) in [6.45, 7) is 2.69. The molecule has 0 unspecified atom stereocenters. The highest BCUT2D eigenvalue weighted by Gasteiger charge is 1.98. The molecule has 1 aromatic heterocycles. The Labute approximate surface area is 94.6 Å². The number of H-pyrrole nitrogens is 1. The summed E-state index contributed by atoms with van der Waals surface area (Å²) in [5, 5.41) is 10.4. The third-order valence-corrected chi connectivity index (χ3v) is 2.37. The molecule has 1 N–H and O–H groups in total. The van der Waals surface area contributed by atoms with Gasteiger partial charge in [-0.25, -0.2) is 0 Å². The Bertz CT molecular complexity index is 408. The summed E-state index contributed by atoms with van der Waals surface area (Å²) in [7, 11) is 0. The Morgan fingerprint density at radius 1 is 1.19 bits per heavy atom. The molecule has 0 bridgehead atoms. The molecule has 16 heavy (non-hydrogen) atoms. The lowest BCUT2D eigenvalue weighted by Gasteiger charge is -2.04. The van der Waals surface area contributed by atoms with Crippen molar-refractivity contribution < 1.29 is 4.74 Å². The van der Waals surface area contributed by atoms with Crippen molar-refractivity contribution in [2.45, 2.75) is 19.8 Å². The normalized spacial score (nSPS) is 10.3. The fraction of sp³-hybridized carbons (Fsp3) is 0.333. The second-order valence-electron chi connectivity index (χ2n) is 3.54. The fourth-order valence-corrected chi connectivity index (χ4v) is 1.54. The fourth-order valence-electron chi connectivity index (χ4n) is 1.54. The number of ether oxygens (including phenoxy) is 1. The van der Waals surface area contributed by atoms with E-state index in [0.29, 0.717) is 6.61 Å². The van der Waals surface area contributed by atoms with Crippen LogP contribution in [0.1, 0.15) is 18.2 Å². The molecule has 1 heterocycles. The first-order valence-corrected chi connectivity index (χ1v) is 5.45. The Balaban J connectivity index is 1.90. The Hall–Kier alpha value is -1.84. The lowest BCUT2D eigenvalue weighted by Crippen LogP contribution is -1.94. The smallest absolute Gasteiger partial charge is 0.119 e. The van der Waals surface area contributed by atoms with Crippen molar-refractivity contribution in [1.29, 1.82) is 0 Å². The number of nitrogens with one attached hydrogen (secondary N) is 1. The minimum atomic E-state index is 0.707. The summed E-state index contributed by atoms with van der Waals surface area (Å²) in [5.74, 6) is 0.924. The van der Waals surface area contributed by atoms with Gasteiger partial charge >= 0.3 is 0 Å². The van der Waals surface area contributed by atoms with Gasteiger partial charge in [0.2, 0.25) is 0 Å². The number of rotatable bonds is 5. The van der Waals surface area contributed by atoms with Crippen LogP contribution in [0.3, 0.4) is 0 Å². The van der Waals surface area contributed by atoms with Crippen molar-refractivity contribution in [2.24, 2.45) is 0 Å². The Morgan fingerprint density at radius 3 is 2.62 bits per heavy atom. The maximum Gasteiger partial charge on any atom is 0.119 e. The van der Waals surface area contributed by atoms with E-state index in [4.69, 9.17) is 4.74 Å². The van der Waals surface area contributed by atoms with Gasteiger partial charge in [0.05, 0.1) is 18.5 Å². The molecule has 1 aromatic carbocycles. The zero-order chi connectivity index (χ0) is 11.2. The van der Waals surface area contributed by atoms with Crippen LogP contribution in [0.5, 0.6) is 5.75 Å². The van der Waals surface area contributed by atoms with Crippen LogP contribution in [-0.4, -0.2) is 22.0 Å². The van der Waals surface area contributed by atoms with Crippen LogP contribution in [0.25, 0.3) is 0 Å². The molecule has 0 amide bonds. The summed E-state index contributed by atoms with van der Waals surface area (Å²) in [6, 6.07) is 8.18. The van der Waals surface area contributed by atoms with E-state index in [1.54, 1.807) is 6.20 Å². The van der Waals surface area contributed by atoms with Crippen molar-refractivity contribution >= 4 is 0 Å². The number of benzene rings is 1. The molecule has 2 rings (SSSR count). The van der Waals surface area contributed by atoms with Gasteiger partial charge in [0.15, 0.2) is 0 Å². The van der Waals surface area contributed by atoms with E-state index in [1.165, 1.54) is 5.56 Å². The monoisotopic (exact) mass is 217 g/mol. The van der Waals surface area contributed by atoms with Gasteiger partial charge < -0.3 is 4.74 Å². The van der Waals surface area contributed by atoms with Crippen molar-refractivity contribution in [3.05, 3.63) is 41.7 Å². The molecule has 4 heteroatoms. The molecule has 84 valence electrons. The Morgan fingerprint density at radius 2 is 2.00 bits per heavy atom. The molecular formula is C12H15N3O. The number of aryl methyl sites for hydroxylation is 2. The number of aromatic amines is 1. The third-order valence-electron chi connectivity index (χ3n) is 2.37. The maximum absolute atomic E-state index is 5.38. The van der Waals surface area contributed by atoms with E-state index in [2.05, 4.69) is 27.5 Å². The quantitative estimate of drug-likeness (QED) is 0.833. The van der Waals surface area contributed by atoms with Gasteiger partial charge in [-0.15, -0.1) is 0 Å². The number of nitrogens with zero attached hydrogens (tertiary/aromatic N) is 2. The maximum atomic E-state index is 5.38. The van der Waals surface area contributed by atoms with Crippen LogP contribution in [-0.2, 0) is 12.8 Å². The van der Waals surface area contributed by atoms with Gasteiger partial charge in [-0.05, 0) is 37.5 Å². The first-order chi connectivity index (χ1) is 7.88. The van der Waals surface area contributed by atoms with E-state index in [9.17, 15) is 0 Å². The average molecular weight is 217 g/mol. The predicted octanol–water partition coefficient (Wildman–Crippen LogP) is 1.99. The third kappa shape index (κ3) is 2.82. The average Bonchev–Trinajstić information content (AvgIpc) is 2.82. The van der Waals surface area contributed by atoms with E-state index < -0.39 is 0 Å². The zero-order valence-corrected chi connectivity index (χ0v) is 9.31. The van der Waals surface area contributed by atoms with Gasteiger partial charge in [-0.1, -0.05) is 12.1 Å². The summed E-state index contributed by atoms with van der Waals surface area (Å²) in [4.78, 5) is 0. The molecule has 4 nitrogen and oxygen atoms in total. The minimum absolute atomic E-state index is 0.707. The number of hydrogen-bond donors (Lipinski definition) is 1. The van der Waals surface area contributed by atoms with Gasteiger partial charge in [0.1, 0.15) is 5.75 Å². The molecule has 0 fully saturated rings. The molecule has 0 spiro atoms. The summed E-state index contributed by atoms with van der Waals surface area (Å²) in [6.07, 6.45) is 3.64. The van der Waals surface area contributed by atoms with E-state index in [1.807, 2.05) is 19.1 Å². The van der Waals surface area contributed by atoms with Crippen LogP contribution >= 0.6 is 0 Å². The second-order valence-corrected chi connectivity index (χ2v) is 3.54. The first-order valence-electron chi connectivity index (χ1n) is 5.45. The minimum Gasteiger partial charge on any atom is -0.494 e. The molecule has 0 saturated heterocycles. The molecule has 0 aliphatic heterocycles. The van der Waals surface area contributed by atoms with E-state index in [-0.39, 0.29) is 0 Å². The van der Waals surface area contributed by atoms with Crippen molar-refractivity contribution in [1.82, 2.24) is 15.4 Å². The molecule has 2 aromatic rings. The molecule has 0 atom stereocenters. The van der Waals surface area contributed by atoms with Crippen LogP contribution in [0.4, 0.5) is 0 Å². The van der Waals surface area contributed by atoms with Crippen molar-refractivity contribution in [2.75, 3.05) is 6.61 Å². The lowest BCUT2D eigenvalue weighted by molar-refractivity contribution is 0.340. The van der Waals surface area contributed by atoms with Gasteiger partial charge in [-0.3, -0.25) is 0 Å². The molecule has 0 aliphatic carbocycles. The largest absolute Gasteiger partial charge is 0.494 e. The molecular weight excluding hydrogens is 202 g/mol. The summed E-state index contributed by atoms with van der Waals surface area (Å²) in [5.41, 5.74) is 2.28. The summed E-state index contributed by atoms with van der Waals surface area (Å²) < 4.78 is 5.38. The van der Waals surface area contributed by atoms with Gasteiger partial charge in [0.25, 0.3) is 0 Å². The lowest BCUT2D eigenvalue weighted by atomic mass is 10.1. The van der Waals surface area contributed by atoms with E-state index in [0.717, 1.165) is 24.3 Å². The van der Waals surface area contributed by atoms with Crippen LogP contribution in [0.2, 0.25) is 0 Å². The first kappa shape index (κ1) is 10.7. The summed E-state index contributed by atoms with van der Waals surface area (Å²) >= 11 is 0. The molecule has 0 saturated carbocycles. The highest BCUT2D eigenvalue weighted by Crippen LogP contribution is 2.13. The molecule has 0 radical (unpaired) electrons. The highest BCUT2D eigenvalue weighted by atomic mass is 16.5. The number of hydrogen-bond acceptors (Lipinski definition) is 3. The van der Waals surface area contributed by atoms with Gasteiger partial charge in [0, 0.05) is 0 Å².